The fraction of sp³-hybridized carbons (Fsp3) is 0.538. The first-order valence-electron chi connectivity index (χ1n) is 5.74. The van der Waals surface area contributed by atoms with Crippen molar-refractivity contribution in [1.82, 2.24) is 4.90 Å². The van der Waals surface area contributed by atoms with Crippen LogP contribution in [0.15, 0.2) is 29.2 Å². The summed E-state index contributed by atoms with van der Waals surface area (Å²) >= 11 is 1.81. The summed E-state index contributed by atoms with van der Waals surface area (Å²) in [6, 6.07) is 8.98. The predicted octanol–water partition coefficient (Wildman–Crippen LogP) is 3.39. The van der Waals surface area contributed by atoms with E-state index in [4.69, 9.17) is 0 Å². The molecule has 1 fully saturated rings. The normalized spacial score (nSPS) is 17.9. The van der Waals surface area contributed by atoms with Gasteiger partial charge in [-0.25, -0.2) is 0 Å². The van der Waals surface area contributed by atoms with Gasteiger partial charge in [-0.15, -0.1) is 11.8 Å². The molecule has 1 aliphatic rings. The SMILES string of the molecule is CSc1ccc(CN2CCCCC2)cc1. The number of benzene rings is 1. The summed E-state index contributed by atoms with van der Waals surface area (Å²) in [6.45, 7) is 3.70. The Kier molecular flexibility index (Phi) is 4.09. The van der Waals surface area contributed by atoms with Gasteiger partial charge in [-0.05, 0) is 49.9 Å². The monoisotopic (exact) mass is 221 g/mol. The van der Waals surface area contributed by atoms with Crippen molar-refractivity contribution in [3.05, 3.63) is 29.8 Å². The van der Waals surface area contributed by atoms with E-state index >= 15 is 0 Å². The molecule has 0 N–H and O–H groups in total. The number of hydrogen-bond acceptors (Lipinski definition) is 2. The fourth-order valence-corrected chi connectivity index (χ4v) is 2.51. The van der Waals surface area contributed by atoms with Crippen LogP contribution in [0.1, 0.15) is 24.8 Å². The number of likely N-dealkylation sites (tertiary alicyclic amines) is 1. The van der Waals surface area contributed by atoms with E-state index in [0.29, 0.717) is 0 Å². The van der Waals surface area contributed by atoms with Crippen molar-refractivity contribution in [2.45, 2.75) is 30.7 Å². The molecule has 1 saturated heterocycles. The van der Waals surface area contributed by atoms with Gasteiger partial charge >= 0.3 is 0 Å². The molecule has 1 aliphatic heterocycles. The van der Waals surface area contributed by atoms with Crippen LogP contribution in [0.2, 0.25) is 0 Å². The largest absolute Gasteiger partial charge is 0.299 e. The molecule has 0 amide bonds. The van der Waals surface area contributed by atoms with Crippen LogP contribution in [0.4, 0.5) is 0 Å². The van der Waals surface area contributed by atoms with E-state index in [1.54, 1.807) is 0 Å². The van der Waals surface area contributed by atoms with Crippen molar-refractivity contribution in [2.75, 3.05) is 19.3 Å². The Bertz CT molecular complexity index is 288. The number of thioether (sulfide) groups is 1. The highest BCUT2D eigenvalue weighted by atomic mass is 32.2. The molecule has 0 spiro atoms. The molecule has 15 heavy (non-hydrogen) atoms. The van der Waals surface area contributed by atoms with Gasteiger partial charge < -0.3 is 0 Å². The lowest BCUT2D eigenvalue weighted by atomic mass is 10.1. The molecule has 0 aromatic heterocycles. The maximum Gasteiger partial charge on any atom is 0.0233 e. The van der Waals surface area contributed by atoms with Crippen LogP contribution in [0.5, 0.6) is 0 Å². The second-order valence-electron chi connectivity index (χ2n) is 4.18. The lowest BCUT2D eigenvalue weighted by Gasteiger charge is -2.26. The zero-order valence-electron chi connectivity index (χ0n) is 9.41. The van der Waals surface area contributed by atoms with Crippen molar-refractivity contribution in [3.63, 3.8) is 0 Å². The molecule has 0 bridgehead atoms. The topological polar surface area (TPSA) is 3.24 Å². The molecule has 1 nitrogen and oxygen atoms in total. The number of rotatable bonds is 3. The first-order chi connectivity index (χ1) is 7.38. The minimum atomic E-state index is 1.13. The average molecular weight is 221 g/mol. The van der Waals surface area contributed by atoms with E-state index in [9.17, 15) is 0 Å². The summed E-state index contributed by atoms with van der Waals surface area (Å²) in [6.07, 6.45) is 6.30. The van der Waals surface area contributed by atoms with Gasteiger partial charge in [0.05, 0.1) is 0 Å². The summed E-state index contributed by atoms with van der Waals surface area (Å²) in [5, 5.41) is 0. The van der Waals surface area contributed by atoms with Gasteiger partial charge in [0.15, 0.2) is 0 Å². The third kappa shape index (κ3) is 3.25. The average Bonchev–Trinajstić information content (AvgIpc) is 2.31. The van der Waals surface area contributed by atoms with Crippen molar-refractivity contribution in [2.24, 2.45) is 0 Å². The van der Waals surface area contributed by atoms with E-state index in [2.05, 4.69) is 35.4 Å². The predicted molar refractivity (Wildman–Crippen MR) is 67.4 cm³/mol. The van der Waals surface area contributed by atoms with E-state index in [0.717, 1.165) is 6.54 Å². The zero-order valence-corrected chi connectivity index (χ0v) is 10.2. The van der Waals surface area contributed by atoms with Crippen LogP contribution < -0.4 is 0 Å². The Morgan fingerprint density at radius 2 is 1.73 bits per heavy atom. The minimum Gasteiger partial charge on any atom is -0.299 e. The maximum atomic E-state index is 2.57. The second kappa shape index (κ2) is 5.57. The van der Waals surface area contributed by atoms with Crippen molar-refractivity contribution in [3.8, 4) is 0 Å². The maximum absolute atomic E-state index is 2.57. The smallest absolute Gasteiger partial charge is 0.0233 e. The Balaban J connectivity index is 1.91. The lowest BCUT2D eigenvalue weighted by molar-refractivity contribution is 0.221. The molecule has 0 unspecified atom stereocenters. The van der Waals surface area contributed by atoms with Crippen molar-refractivity contribution < 1.29 is 0 Å². The van der Waals surface area contributed by atoms with Crippen LogP contribution >= 0.6 is 11.8 Å². The van der Waals surface area contributed by atoms with Crippen LogP contribution in [-0.4, -0.2) is 24.2 Å². The standard InChI is InChI=1S/C13H19NS/c1-15-13-7-5-12(6-8-13)11-14-9-3-2-4-10-14/h5-8H,2-4,9-11H2,1H3. The Hall–Kier alpha value is -0.470. The molecule has 0 aliphatic carbocycles. The lowest BCUT2D eigenvalue weighted by Crippen LogP contribution is -2.28. The summed E-state index contributed by atoms with van der Waals surface area (Å²) in [7, 11) is 0. The Morgan fingerprint density at radius 3 is 2.33 bits per heavy atom. The molecule has 2 rings (SSSR count). The third-order valence-corrected chi connectivity index (χ3v) is 3.76. The molecule has 0 saturated carbocycles. The molecule has 82 valence electrons. The number of nitrogens with zero attached hydrogens (tertiary/aromatic N) is 1. The van der Waals surface area contributed by atoms with Gasteiger partial charge in [0, 0.05) is 11.4 Å². The van der Waals surface area contributed by atoms with Crippen molar-refractivity contribution >= 4 is 11.8 Å². The van der Waals surface area contributed by atoms with E-state index in [-0.39, 0.29) is 0 Å². The molecule has 2 heteroatoms. The van der Waals surface area contributed by atoms with Gasteiger partial charge in [-0.2, -0.15) is 0 Å². The summed E-state index contributed by atoms with van der Waals surface area (Å²) in [5.74, 6) is 0. The van der Waals surface area contributed by atoms with E-state index in [1.807, 2.05) is 11.8 Å². The molecule has 1 aromatic carbocycles. The van der Waals surface area contributed by atoms with Crippen LogP contribution in [-0.2, 0) is 6.54 Å². The van der Waals surface area contributed by atoms with Gasteiger partial charge in [0.1, 0.15) is 0 Å². The minimum absolute atomic E-state index is 1.13. The Labute approximate surface area is 96.9 Å². The van der Waals surface area contributed by atoms with Gasteiger partial charge in [0.2, 0.25) is 0 Å². The molecule has 1 heterocycles. The first kappa shape index (κ1) is 11.0. The molecule has 0 atom stereocenters. The van der Waals surface area contributed by atoms with E-state index in [1.165, 1.54) is 42.8 Å². The number of hydrogen-bond donors (Lipinski definition) is 0. The molecule has 1 aromatic rings. The highest BCUT2D eigenvalue weighted by Gasteiger charge is 2.09. The molecule has 0 radical (unpaired) electrons. The summed E-state index contributed by atoms with van der Waals surface area (Å²) in [5.41, 5.74) is 1.45. The van der Waals surface area contributed by atoms with E-state index < -0.39 is 0 Å². The molecular formula is C13H19NS. The van der Waals surface area contributed by atoms with Gasteiger partial charge in [-0.3, -0.25) is 4.90 Å². The van der Waals surface area contributed by atoms with Crippen molar-refractivity contribution in [1.29, 1.82) is 0 Å². The van der Waals surface area contributed by atoms with Gasteiger partial charge in [-0.1, -0.05) is 18.6 Å². The van der Waals surface area contributed by atoms with Gasteiger partial charge in [0.25, 0.3) is 0 Å². The number of piperidine rings is 1. The zero-order chi connectivity index (χ0) is 10.5. The highest BCUT2D eigenvalue weighted by molar-refractivity contribution is 7.98. The summed E-state index contributed by atoms with van der Waals surface area (Å²) < 4.78 is 0. The van der Waals surface area contributed by atoms with Crippen LogP contribution in [0.3, 0.4) is 0 Å². The first-order valence-corrected chi connectivity index (χ1v) is 6.96. The highest BCUT2D eigenvalue weighted by Crippen LogP contribution is 2.17. The second-order valence-corrected chi connectivity index (χ2v) is 5.06. The van der Waals surface area contributed by atoms with Crippen LogP contribution in [0.25, 0.3) is 0 Å². The Morgan fingerprint density at radius 1 is 1.07 bits per heavy atom. The van der Waals surface area contributed by atoms with Crippen LogP contribution in [0, 0.1) is 0 Å². The quantitative estimate of drug-likeness (QED) is 0.720. The summed E-state index contributed by atoms with van der Waals surface area (Å²) in [4.78, 5) is 3.93. The third-order valence-electron chi connectivity index (χ3n) is 3.01. The molecular weight excluding hydrogens is 202 g/mol. The fourth-order valence-electron chi connectivity index (χ4n) is 2.11.